The van der Waals surface area contributed by atoms with Gasteiger partial charge in [0.1, 0.15) is 11.6 Å². The van der Waals surface area contributed by atoms with Crippen LogP contribution in [0.1, 0.15) is 12.0 Å². The Morgan fingerprint density at radius 1 is 0.963 bits per heavy atom. The second-order valence-electron chi connectivity index (χ2n) is 6.31. The average molecular weight is 403 g/mol. The van der Waals surface area contributed by atoms with Crippen LogP contribution in [0.3, 0.4) is 0 Å². The lowest BCUT2D eigenvalue weighted by Gasteiger charge is -2.13. The summed E-state index contributed by atoms with van der Waals surface area (Å²) >= 11 is 12.3. The third-order valence-corrected chi connectivity index (χ3v) is 4.53. The first-order valence-corrected chi connectivity index (χ1v) is 9.35. The van der Waals surface area contributed by atoms with E-state index in [1.54, 1.807) is 12.1 Å². The molecular weight excluding hydrogens is 383 g/mol. The Bertz CT molecular complexity index is 941. The lowest BCUT2D eigenvalue weighted by Crippen LogP contribution is -2.05. The van der Waals surface area contributed by atoms with Gasteiger partial charge in [0, 0.05) is 28.8 Å². The van der Waals surface area contributed by atoms with Gasteiger partial charge in [0.2, 0.25) is 0 Å². The highest BCUT2D eigenvalue weighted by Gasteiger charge is 2.12. The molecule has 0 bridgehead atoms. The topological polar surface area (TPSA) is 65.4 Å². The number of hydrogen-bond acceptors (Lipinski definition) is 4. The Morgan fingerprint density at radius 3 is 2.37 bits per heavy atom. The minimum absolute atomic E-state index is 0.0993. The number of aromatic nitrogens is 1. The maximum atomic E-state index is 10.3. The number of hydrogen-bond donors (Lipinski definition) is 3. The Kier molecular flexibility index (Phi) is 6.22. The van der Waals surface area contributed by atoms with Crippen LogP contribution in [-0.2, 0) is 0 Å². The van der Waals surface area contributed by atoms with Crippen LogP contribution in [0, 0.1) is 6.92 Å². The van der Waals surface area contributed by atoms with Gasteiger partial charge in [-0.2, -0.15) is 0 Å². The van der Waals surface area contributed by atoms with Gasteiger partial charge in [0.05, 0.1) is 5.69 Å². The maximum absolute atomic E-state index is 10.3. The van der Waals surface area contributed by atoms with Crippen LogP contribution >= 0.6 is 23.2 Å². The maximum Gasteiger partial charge on any atom is 0.127 e. The second kappa shape index (κ2) is 8.61. The van der Waals surface area contributed by atoms with E-state index < -0.39 is 0 Å². The largest absolute Gasteiger partial charge is 0.507 e. The third kappa shape index (κ3) is 4.92. The van der Waals surface area contributed by atoms with Crippen LogP contribution in [0.4, 0.5) is 5.82 Å². The number of nitrogens with zero attached hydrogens (tertiary/aromatic N) is 1. The molecule has 1 aromatic heterocycles. The van der Waals surface area contributed by atoms with Crippen molar-refractivity contribution in [2.45, 2.75) is 13.3 Å². The smallest absolute Gasteiger partial charge is 0.127 e. The molecule has 27 heavy (non-hydrogen) atoms. The zero-order valence-corrected chi connectivity index (χ0v) is 16.3. The lowest BCUT2D eigenvalue weighted by atomic mass is 10.0. The zero-order chi connectivity index (χ0) is 19.4. The molecule has 0 aliphatic heterocycles. The number of nitrogens with one attached hydrogen (secondary N) is 1. The summed E-state index contributed by atoms with van der Waals surface area (Å²) in [6, 6.07) is 14.5. The molecule has 140 valence electrons. The van der Waals surface area contributed by atoms with Gasteiger partial charge in [0.15, 0.2) is 0 Å². The van der Waals surface area contributed by atoms with Crippen molar-refractivity contribution in [2.75, 3.05) is 18.5 Å². The van der Waals surface area contributed by atoms with Crippen molar-refractivity contribution < 1.29 is 10.2 Å². The fourth-order valence-electron chi connectivity index (χ4n) is 2.80. The van der Waals surface area contributed by atoms with Crippen molar-refractivity contribution in [2.24, 2.45) is 0 Å². The molecular formula is C21H20Cl2N2O2. The number of rotatable bonds is 6. The molecule has 0 saturated heterocycles. The number of anilines is 1. The molecule has 3 aromatic rings. The molecule has 1 heterocycles. The van der Waals surface area contributed by atoms with Gasteiger partial charge >= 0.3 is 0 Å². The molecule has 3 rings (SSSR count). The molecule has 6 heteroatoms. The highest BCUT2D eigenvalue weighted by atomic mass is 35.5. The Morgan fingerprint density at radius 2 is 1.67 bits per heavy atom. The quantitative estimate of drug-likeness (QED) is 0.474. The summed E-state index contributed by atoms with van der Waals surface area (Å²) in [6.45, 7) is 2.65. The molecule has 0 aliphatic carbocycles. The van der Waals surface area contributed by atoms with E-state index in [1.807, 2.05) is 43.3 Å². The monoisotopic (exact) mass is 402 g/mol. The number of aromatic hydroxyl groups is 1. The molecule has 0 unspecified atom stereocenters. The summed E-state index contributed by atoms with van der Waals surface area (Å²) in [4.78, 5) is 4.63. The van der Waals surface area contributed by atoms with E-state index in [4.69, 9.17) is 28.3 Å². The fraction of sp³-hybridized carbons (Fsp3) is 0.190. The Labute approximate surface area is 168 Å². The summed E-state index contributed by atoms with van der Waals surface area (Å²) in [6.07, 6.45) is 0.611. The Balaban J connectivity index is 2.12. The van der Waals surface area contributed by atoms with E-state index >= 15 is 0 Å². The van der Waals surface area contributed by atoms with Crippen molar-refractivity contribution >= 4 is 29.0 Å². The van der Waals surface area contributed by atoms with Crippen LogP contribution in [0.25, 0.3) is 22.4 Å². The second-order valence-corrected chi connectivity index (χ2v) is 7.18. The minimum atomic E-state index is 0.0993. The zero-order valence-electron chi connectivity index (χ0n) is 14.8. The standard InChI is InChI=1S/C21H20Cl2N2O2/c1-13-3-4-20(27)18(7-13)19-10-15(11-21(25-19)24-5-2-6-26)14-8-16(22)12-17(23)9-14/h3-4,7-12,26-27H,2,5-6H2,1H3,(H,24,25). The molecule has 0 aliphatic rings. The summed E-state index contributed by atoms with van der Waals surface area (Å²) in [5.41, 5.74) is 4.03. The van der Waals surface area contributed by atoms with E-state index in [0.29, 0.717) is 40.1 Å². The number of pyridine rings is 1. The van der Waals surface area contributed by atoms with Crippen LogP contribution < -0.4 is 5.32 Å². The molecule has 0 spiro atoms. The molecule has 3 N–H and O–H groups in total. The normalized spacial score (nSPS) is 10.8. The van der Waals surface area contributed by atoms with E-state index in [2.05, 4.69) is 10.3 Å². The molecule has 0 amide bonds. The molecule has 2 aromatic carbocycles. The SMILES string of the molecule is Cc1ccc(O)c(-c2cc(-c3cc(Cl)cc(Cl)c3)cc(NCCCO)n2)c1. The molecule has 0 saturated carbocycles. The van der Waals surface area contributed by atoms with Gasteiger partial charge in [-0.1, -0.05) is 34.8 Å². The molecule has 0 radical (unpaired) electrons. The highest BCUT2D eigenvalue weighted by Crippen LogP contribution is 2.34. The van der Waals surface area contributed by atoms with Crippen molar-refractivity contribution in [3.8, 4) is 28.1 Å². The van der Waals surface area contributed by atoms with Crippen LogP contribution in [0.5, 0.6) is 5.75 Å². The molecule has 4 nitrogen and oxygen atoms in total. The van der Waals surface area contributed by atoms with Crippen molar-refractivity contribution in [3.63, 3.8) is 0 Å². The number of aryl methyl sites for hydroxylation is 1. The van der Waals surface area contributed by atoms with E-state index in [0.717, 1.165) is 16.7 Å². The first kappa shape index (κ1) is 19.5. The van der Waals surface area contributed by atoms with Crippen LogP contribution in [-0.4, -0.2) is 28.3 Å². The number of halogens is 2. The first-order valence-electron chi connectivity index (χ1n) is 8.59. The fourth-order valence-corrected chi connectivity index (χ4v) is 3.32. The number of aliphatic hydroxyl groups excluding tert-OH is 1. The first-order chi connectivity index (χ1) is 13.0. The highest BCUT2D eigenvalue weighted by molar-refractivity contribution is 6.35. The number of benzene rings is 2. The summed E-state index contributed by atoms with van der Waals surface area (Å²) < 4.78 is 0. The number of aliphatic hydroxyl groups is 1. The lowest BCUT2D eigenvalue weighted by molar-refractivity contribution is 0.292. The Hall–Kier alpha value is -2.27. The summed E-state index contributed by atoms with van der Waals surface area (Å²) in [5, 5.41) is 23.6. The van der Waals surface area contributed by atoms with Crippen LogP contribution in [0.15, 0.2) is 48.5 Å². The molecule has 0 atom stereocenters. The predicted molar refractivity (Wildman–Crippen MR) is 112 cm³/mol. The van der Waals surface area contributed by atoms with E-state index in [9.17, 15) is 5.11 Å². The van der Waals surface area contributed by atoms with Gasteiger partial charge in [-0.25, -0.2) is 4.98 Å². The van der Waals surface area contributed by atoms with Gasteiger partial charge in [0.25, 0.3) is 0 Å². The van der Waals surface area contributed by atoms with Crippen molar-refractivity contribution in [1.29, 1.82) is 0 Å². The minimum Gasteiger partial charge on any atom is -0.507 e. The van der Waals surface area contributed by atoms with Gasteiger partial charge in [-0.3, -0.25) is 0 Å². The van der Waals surface area contributed by atoms with Crippen molar-refractivity contribution in [1.82, 2.24) is 4.98 Å². The third-order valence-electron chi connectivity index (χ3n) is 4.09. The number of phenols is 1. The van der Waals surface area contributed by atoms with Gasteiger partial charge in [-0.15, -0.1) is 0 Å². The van der Waals surface area contributed by atoms with Gasteiger partial charge < -0.3 is 15.5 Å². The van der Waals surface area contributed by atoms with Crippen molar-refractivity contribution in [3.05, 3.63) is 64.1 Å². The predicted octanol–water partition coefficient (Wildman–Crippen LogP) is 5.53. The molecule has 0 fully saturated rings. The van der Waals surface area contributed by atoms with E-state index in [1.165, 1.54) is 0 Å². The summed E-state index contributed by atoms with van der Waals surface area (Å²) in [7, 11) is 0. The van der Waals surface area contributed by atoms with Crippen LogP contribution in [0.2, 0.25) is 10.0 Å². The van der Waals surface area contributed by atoms with Gasteiger partial charge in [-0.05, 0) is 66.9 Å². The summed E-state index contributed by atoms with van der Waals surface area (Å²) in [5.74, 6) is 0.809. The average Bonchev–Trinajstić information content (AvgIpc) is 2.63. The van der Waals surface area contributed by atoms with E-state index in [-0.39, 0.29) is 12.4 Å². The number of phenolic OH excluding ortho intramolecular Hbond substituents is 1.